The maximum Gasteiger partial charge on any atom is 0.260 e. The Morgan fingerprint density at radius 1 is 0.897 bits per heavy atom. The average molecular weight is 565 g/mol. The number of benzene rings is 3. The number of aryl methyl sites for hydroxylation is 2. The monoisotopic (exact) mass is 564 g/mol. The Morgan fingerprint density at radius 2 is 1.54 bits per heavy atom. The van der Waals surface area contributed by atoms with Crippen LogP contribution in [0.1, 0.15) is 40.9 Å². The second-order valence-electron chi connectivity index (χ2n) is 9.66. The van der Waals surface area contributed by atoms with Crippen molar-refractivity contribution in [3.05, 3.63) is 89.0 Å². The van der Waals surface area contributed by atoms with E-state index in [1.54, 1.807) is 24.1 Å². The molecule has 4 rings (SSSR count). The first-order valence-electron chi connectivity index (χ1n) is 13.2. The number of sulfonamides is 1. The van der Waals surface area contributed by atoms with E-state index in [-0.39, 0.29) is 17.3 Å². The fraction of sp³-hybridized carbons (Fsp3) is 0.333. The van der Waals surface area contributed by atoms with Crippen LogP contribution in [0.5, 0.6) is 0 Å². The van der Waals surface area contributed by atoms with Crippen LogP contribution in [0.4, 0.5) is 5.13 Å². The first-order chi connectivity index (χ1) is 18.6. The first-order valence-corrected chi connectivity index (χ1v) is 15.4. The first kappa shape index (κ1) is 28.9. The maximum atomic E-state index is 13.8. The number of thiazole rings is 1. The second kappa shape index (κ2) is 12.4. The Bertz CT molecular complexity index is 1490. The molecule has 0 bridgehead atoms. The molecule has 0 aliphatic carbocycles. The lowest BCUT2D eigenvalue weighted by Crippen LogP contribution is -2.38. The van der Waals surface area contributed by atoms with Crippen LogP contribution in [0.2, 0.25) is 0 Å². The summed E-state index contributed by atoms with van der Waals surface area (Å²) in [6.45, 7) is 11.6. The van der Waals surface area contributed by atoms with Gasteiger partial charge in [0.15, 0.2) is 5.13 Å². The maximum absolute atomic E-state index is 13.8. The predicted molar refractivity (Wildman–Crippen MR) is 160 cm³/mol. The zero-order valence-corrected chi connectivity index (χ0v) is 24.8. The lowest BCUT2D eigenvalue weighted by molar-refractivity contribution is 0.0983. The minimum Gasteiger partial charge on any atom is -0.302 e. The van der Waals surface area contributed by atoms with E-state index in [9.17, 15) is 13.2 Å². The van der Waals surface area contributed by atoms with E-state index in [0.717, 1.165) is 34.4 Å². The van der Waals surface area contributed by atoms with E-state index in [1.807, 2.05) is 30.3 Å². The summed E-state index contributed by atoms with van der Waals surface area (Å²) in [6.07, 6.45) is 0. The molecule has 4 aromatic rings. The summed E-state index contributed by atoms with van der Waals surface area (Å²) in [5, 5.41) is 0.645. The summed E-state index contributed by atoms with van der Waals surface area (Å²) in [6, 6.07) is 19.8. The van der Waals surface area contributed by atoms with Gasteiger partial charge in [-0.2, -0.15) is 4.31 Å². The fourth-order valence-electron chi connectivity index (χ4n) is 4.38. The molecule has 0 N–H and O–H groups in total. The van der Waals surface area contributed by atoms with Crippen molar-refractivity contribution in [3.8, 4) is 0 Å². The van der Waals surface area contributed by atoms with Crippen molar-refractivity contribution in [1.82, 2.24) is 14.2 Å². The molecule has 0 fully saturated rings. The van der Waals surface area contributed by atoms with Gasteiger partial charge in [0.25, 0.3) is 5.91 Å². The van der Waals surface area contributed by atoms with Crippen molar-refractivity contribution in [1.29, 1.82) is 0 Å². The molecule has 0 saturated heterocycles. The van der Waals surface area contributed by atoms with E-state index in [2.05, 4.69) is 44.7 Å². The van der Waals surface area contributed by atoms with Gasteiger partial charge in [-0.15, -0.1) is 0 Å². The van der Waals surface area contributed by atoms with Crippen molar-refractivity contribution >= 4 is 42.6 Å². The molecule has 0 aliphatic rings. The van der Waals surface area contributed by atoms with Gasteiger partial charge in [0, 0.05) is 32.2 Å². The van der Waals surface area contributed by atoms with Crippen molar-refractivity contribution < 1.29 is 13.2 Å². The summed E-state index contributed by atoms with van der Waals surface area (Å²) in [7, 11) is -2.15. The molecule has 0 unspecified atom stereocenters. The lowest BCUT2D eigenvalue weighted by atomic mass is 10.1. The molecule has 1 aromatic heterocycles. The molecule has 206 valence electrons. The SMILES string of the molecule is CCN(CC)CCN(C(=O)c1ccc(S(=O)(=O)N(C)Cc2ccccc2)cc1)c1nc2cc(C)c(C)cc2s1. The van der Waals surface area contributed by atoms with Crippen molar-refractivity contribution in [2.75, 3.05) is 38.1 Å². The molecule has 1 heterocycles. The van der Waals surface area contributed by atoms with Gasteiger partial charge in [0.05, 0.1) is 15.1 Å². The van der Waals surface area contributed by atoms with Gasteiger partial charge in [-0.3, -0.25) is 9.69 Å². The number of likely N-dealkylation sites (N-methyl/N-ethyl adjacent to an activating group) is 1. The molecule has 0 spiro atoms. The van der Waals surface area contributed by atoms with Gasteiger partial charge >= 0.3 is 0 Å². The van der Waals surface area contributed by atoms with Gasteiger partial charge in [0.1, 0.15) is 0 Å². The van der Waals surface area contributed by atoms with Crippen molar-refractivity contribution in [2.24, 2.45) is 0 Å². The highest BCUT2D eigenvalue weighted by Crippen LogP contribution is 2.32. The number of carbonyl (C=O) groups is 1. The predicted octanol–water partition coefficient (Wildman–Crippen LogP) is 5.72. The third-order valence-electron chi connectivity index (χ3n) is 7.06. The van der Waals surface area contributed by atoms with Crippen LogP contribution >= 0.6 is 11.3 Å². The molecule has 9 heteroatoms. The number of hydrogen-bond acceptors (Lipinski definition) is 6. The Morgan fingerprint density at radius 3 is 2.18 bits per heavy atom. The minimum atomic E-state index is -3.71. The Balaban J connectivity index is 1.60. The summed E-state index contributed by atoms with van der Waals surface area (Å²) in [5.41, 5.74) is 4.55. The van der Waals surface area contributed by atoms with E-state index in [0.29, 0.717) is 23.8 Å². The molecule has 3 aromatic carbocycles. The second-order valence-corrected chi connectivity index (χ2v) is 12.7. The number of carbonyl (C=O) groups excluding carboxylic acids is 1. The van der Waals surface area contributed by atoms with E-state index in [4.69, 9.17) is 4.98 Å². The van der Waals surface area contributed by atoms with Crippen LogP contribution in [-0.4, -0.2) is 61.7 Å². The molecule has 7 nitrogen and oxygen atoms in total. The fourth-order valence-corrected chi connectivity index (χ4v) is 6.61. The lowest BCUT2D eigenvalue weighted by Gasteiger charge is -2.25. The molecule has 1 amide bonds. The number of amides is 1. The smallest absolute Gasteiger partial charge is 0.260 e. The molecule has 0 saturated carbocycles. The van der Waals surface area contributed by atoms with Crippen LogP contribution in [0.15, 0.2) is 71.6 Å². The highest BCUT2D eigenvalue weighted by atomic mass is 32.2. The molecular weight excluding hydrogens is 528 g/mol. The Labute approximate surface area is 235 Å². The van der Waals surface area contributed by atoms with Crippen LogP contribution in [0, 0.1) is 13.8 Å². The Kier molecular flexibility index (Phi) is 9.17. The van der Waals surface area contributed by atoms with E-state index in [1.165, 1.54) is 33.3 Å². The standard InChI is InChI=1S/C30H36N4O3S2/c1-6-33(7-2)17-18-34(30-31-27-19-22(3)23(4)20-28(27)38-30)29(35)25-13-15-26(16-14-25)39(36,37)32(5)21-24-11-9-8-10-12-24/h8-16,19-20H,6-7,17-18,21H2,1-5H3. The molecule has 0 atom stereocenters. The number of fused-ring (bicyclic) bond motifs is 1. The molecular formula is C30H36N4O3S2. The Hall–Kier alpha value is -3.11. The number of rotatable bonds is 11. The normalized spacial score (nSPS) is 12.0. The van der Waals surface area contributed by atoms with Crippen LogP contribution in [-0.2, 0) is 16.6 Å². The van der Waals surface area contributed by atoms with Crippen LogP contribution in [0.25, 0.3) is 10.2 Å². The molecule has 0 radical (unpaired) electrons. The summed E-state index contributed by atoms with van der Waals surface area (Å²) >= 11 is 1.50. The highest BCUT2D eigenvalue weighted by molar-refractivity contribution is 7.89. The summed E-state index contributed by atoms with van der Waals surface area (Å²) < 4.78 is 28.7. The van der Waals surface area contributed by atoms with Crippen molar-refractivity contribution in [3.63, 3.8) is 0 Å². The molecule has 0 aliphatic heterocycles. The largest absolute Gasteiger partial charge is 0.302 e. The number of anilines is 1. The van der Waals surface area contributed by atoms with Crippen LogP contribution < -0.4 is 4.90 Å². The van der Waals surface area contributed by atoms with Gasteiger partial charge in [-0.05, 0) is 80.0 Å². The minimum absolute atomic E-state index is 0.151. The van der Waals surface area contributed by atoms with Gasteiger partial charge in [0.2, 0.25) is 10.0 Å². The average Bonchev–Trinajstić information content (AvgIpc) is 3.33. The van der Waals surface area contributed by atoms with Crippen LogP contribution in [0.3, 0.4) is 0 Å². The zero-order chi connectivity index (χ0) is 28.2. The topological polar surface area (TPSA) is 73.8 Å². The van der Waals surface area contributed by atoms with Gasteiger partial charge < -0.3 is 4.90 Å². The third-order valence-corrected chi connectivity index (χ3v) is 9.92. The highest BCUT2D eigenvalue weighted by Gasteiger charge is 2.25. The quantitative estimate of drug-likeness (QED) is 0.233. The third kappa shape index (κ3) is 6.55. The van der Waals surface area contributed by atoms with Gasteiger partial charge in [-0.1, -0.05) is 55.5 Å². The summed E-state index contributed by atoms with van der Waals surface area (Å²) in [5.74, 6) is -0.198. The van der Waals surface area contributed by atoms with Gasteiger partial charge in [-0.25, -0.2) is 13.4 Å². The van der Waals surface area contributed by atoms with E-state index >= 15 is 0 Å². The number of aromatic nitrogens is 1. The number of hydrogen-bond donors (Lipinski definition) is 0. The molecule has 39 heavy (non-hydrogen) atoms. The summed E-state index contributed by atoms with van der Waals surface area (Å²) in [4.78, 5) is 22.7. The van der Waals surface area contributed by atoms with Crippen molar-refractivity contribution in [2.45, 2.75) is 39.1 Å². The zero-order valence-electron chi connectivity index (χ0n) is 23.2. The van der Waals surface area contributed by atoms with E-state index < -0.39 is 10.0 Å². The number of nitrogens with zero attached hydrogens (tertiary/aromatic N) is 4.